The van der Waals surface area contributed by atoms with Crippen LogP contribution < -0.4 is 0 Å². The van der Waals surface area contributed by atoms with E-state index in [1.807, 2.05) is 23.6 Å². The Morgan fingerprint density at radius 1 is 1.32 bits per heavy atom. The molecule has 5 heteroatoms. The predicted octanol–water partition coefficient (Wildman–Crippen LogP) is 4.10. The second-order valence-corrected chi connectivity index (χ2v) is 5.03. The number of aromatic nitrogens is 2. The van der Waals surface area contributed by atoms with Crippen molar-refractivity contribution in [1.29, 1.82) is 0 Å². The molecule has 0 unspecified atom stereocenters. The van der Waals surface area contributed by atoms with Crippen LogP contribution in [0, 0.1) is 24.4 Å². The topological polar surface area (TPSA) is 33.9 Å². The maximum Gasteiger partial charge on any atom is 0.178 e. The van der Waals surface area contributed by atoms with Crippen molar-refractivity contribution in [2.45, 2.75) is 20.4 Å². The number of nitrogens with one attached hydrogen (secondary N) is 1. The number of aromatic amines is 1. The molecule has 3 rings (SSSR count). The normalized spacial score (nSPS) is 11.3. The Morgan fingerprint density at radius 2 is 2.11 bits per heavy atom. The highest BCUT2D eigenvalue weighted by Gasteiger charge is 2.09. The third-order valence-corrected chi connectivity index (χ3v) is 3.49. The van der Waals surface area contributed by atoms with Crippen LogP contribution in [0.4, 0.5) is 4.39 Å². The Labute approximate surface area is 114 Å². The van der Waals surface area contributed by atoms with Gasteiger partial charge in [-0.1, -0.05) is 0 Å². The maximum atomic E-state index is 13.5. The largest absolute Gasteiger partial charge is 0.464 e. The van der Waals surface area contributed by atoms with Gasteiger partial charge in [0.1, 0.15) is 17.3 Å². The first-order valence-corrected chi connectivity index (χ1v) is 6.39. The Morgan fingerprint density at radius 3 is 2.79 bits per heavy atom. The van der Waals surface area contributed by atoms with E-state index in [0.717, 1.165) is 17.0 Å². The predicted molar refractivity (Wildman–Crippen MR) is 74.4 cm³/mol. The second-order valence-electron chi connectivity index (χ2n) is 4.65. The van der Waals surface area contributed by atoms with Crippen LogP contribution in [0.15, 0.2) is 28.7 Å². The summed E-state index contributed by atoms with van der Waals surface area (Å²) < 4.78 is 21.6. The van der Waals surface area contributed by atoms with Crippen LogP contribution >= 0.6 is 12.2 Å². The number of H-pyrrole nitrogens is 1. The Kier molecular flexibility index (Phi) is 2.78. The summed E-state index contributed by atoms with van der Waals surface area (Å²) in [4.78, 5) is 3.02. The van der Waals surface area contributed by atoms with Crippen LogP contribution in [-0.4, -0.2) is 9.55 Å². The van der Waals surface area contributed by atoms with Crippen LogP contribution in [0.25, 0.3) is 11.0 Å². The van der Waals surface area contributed by atoms with Gasteiger partial charge in [0, 0.05) is 0 Å². The molecule has 0 radical (unpaired) electrons. The van der Waals surface area contributed by atoms with Crippen LogP contribution in [-0.2, 0) is 6.54 Å². The van der Waals surface area contributed by atoms with E-state index in [1.165, 1.54) is 6.07 Å². The van der Waals surface area contributed by atoms with Crippen molar-refractivity contribution in [2.24, 2.45) is 0 Å². The molecule has 1 N–H and O–H groups in total. The summed E-state index contributed by atoms with van der Waals surface area (Å²) >= 11 is 5.29. The van der Waals surface area contributed by atoms with Gasteiger partial charge in [-0.15, -0.1) is 0 Å². The van der Waals surface area contributed by atoms with Gasteiger partial charge in [-0.05, 0) is 55.9 Å². The molecule has 0 atom stereocenters. The van der Waals surface area contributed by atoms with Gasteiger partial charge in [-0.2, -0.15) is 0 Å². The van der Waals surface area contributed by atoms with E-state index in [2.05, 4.69) is 4.98 Å². The molecule has 2 heterocycles. The zero-order valence-corrected chi connectivity index (χ0v) is 11.5. The quantitative estimate of drug-likeness (QED) is 0.715. The summed E-state index contributed by atoms with van der Waals surface area (Å²) in [6, 6.07) is 7.11. The third kappa shape index (κ3) is 2.10. The van der Waals surface area contributed by atoms with Gasteiger partial charge >= 0.3 is 0 Å². The lowest BCUT2D eigenvalue weighted by molar-refractivity contribution is 0.471. The van der Waals surface area contributed by atoms with Crippen LogP contribution in [0.1, 0.15) is 17.1 Å². The molecule has 0 aliphatic rings. The van der Waals surface area contributed by atoms with Crippen LogP contribution in [0.3, 0.4) is 0 Å². The summed E-state index contributed by atoms with van der Waals surface area (Å²) in [5, 5.41) is 0. The van der Waals surface area contributed by atoms with Crippen molar-refractivity contribution >= 4 is 23.3 Å². The number of imidazole rings is 1. The summed E-state index contributed by atoms with van der Waals surface area (Å²) in [6.07, 6.45) is 0. The first-order chi connectivity index (χ1) is 9.04. The molecule has 98 valence electrons. The lowest BCUT2D eigenvalue weighted by Gasteiger charge is -2.03. The minimum atomic E-state index is -0.232. The van der Waals surface area contributed by atoms with Crippen molar-refractivity contribution < 1.29 is 8.81 Å². The molecular formula is C14H13FN2OS. The lowest BCUT2D eigenvalue weighted by atomic mass is 10.2. The van der Waals surface area contributed by atoms with Crippen molar-refractivity contribution in [3.8, 4) is 0 Å². The Bertz CT molecular complexity index is 813. The molecule has 3 aromatic rings. The first-order valence-electron chi connectivity index (χ1n) is 5.98. The van der Waals surface area contributed by atoms with E-state index >= 15 is 0 Å². The fraction of sp³-hybridized carbons (Fsp3) is 0.214. The van der Waals surface area contributed by atoms with Gasteiger partial charge < -0.3 is 14.0 Å². The van der Waals surface area contributed by atoms with Crippen LogP contribution in [0.2, 0.25) is 0 Å². The summed E-state index contributed by atoms with van der Waals surface area (Å²) in [7, 11) is 0. The minimum absolute atomic E-state index is 0.232. The second kappa shape index (κ2) is 4.35. The average molecular weight is 276 g/mol. The maximum absolute atomic E-state index is 13.5. The number of aryl methyl sites for hydroxylation is 2. The molecule has 0 amide bonds. The molecular weight excluding hydrogens is 263 g/mol. The van der Waals surface area contributed by atoms with E-state index < -0.39 is 0 Å². The monoisotopic (exact) mass is 276 g/mol. The number of nitrogens with zero attached hydrogens (tertiary/aromatic N) is 1. The highest BCUT2D eigenvalue weighted by molar-refractivity contribution is 7.71. The molecule has 0 fully saturated rings. The molecule has 2 aromatic heterocycles. The standard InChI is InChI=1S/C14H13FN2OS/c1-8-5-13-12(6-11(8)15)16-14(19)17(13)7-10-4-3-9(2)18-10/h3-6H,7H2,1-2H3,(H,16,19). The van der Waals surface area contributed by atoms with Gasteiger partial charge in [-0.3, -0.25) is 0 Å². The molecule has 0 spiro atoms. The molecule has 0 saturated heterocycles. The van der Waals surface area contributed by atoms with E-state index in [1.54, 1.807) is 13.0 Å². The number of benzene rings is 1. The summed E-state index contributed by atoms with van der Waals surface area (Å²) in [6.45, 7) is 4.18. The molecule has 1 aromatic carbocycles. The highest BCUT2D eigenvalue weighted by Crippen LogP contribution is 2.20. The van der Waals surface area contributed by atoms with Gasteiger partial charge in [0.2, 0.25) is 0 Å². The smallest absolute Gasteiger partial charge is 0.178 e. The molecule has 0 aliphatic carbocycles. The Balaban J connectivity index is 2.15. The fourth-order valence-electron chi connectivity index (χ4n) is 2.16. The van der Waals surface area contributed by atoms with Gasteiger partial charge in [0.05, 0.1) is 17.6 Å². The number of rotatable bonds is 2. The number of hydrogen-bond donors (Lipinski definition) is 1. The minimum Gasteiger partial charge on any atom is -0.464 e. The van der Waals surface area contributed by atoms with Crippen molar-refractivity contribution in [3.63, 3.8) is 0 Å². The van der Waals surface area contributed by atoms with E-state index in [-0.39, 0.29) is 5.82 Å². The number of hydrogen-bond acceptors (Lipinski definition) is 2. The van der Waals surface area contributed by atoms with Gasteiger partial charge in [0.15, 0.2) is 4.77 Å². The van der Waals surface area contributed by atoms with E-state index in [0.29, 0.717) is 22.4 Å². The van der Waals surface area contributed by atoms with Gasteiger partial charge in [-0.25, -0.2) is 4.39 Å². The van der Waals surface area contributed by atoms with Crippen molar-refractivity contribution in [1.82, 2.24) is 9.55 Å². The Hall–Kier alpha value is -1.88. The SMILES string of the molecule is Cc1ccc(Cn2c(=S)[nH]c3cc(F)c(C)cc32)o1. The first kappa shape index (κ1) is 12.2. The lowest BCUT2D eigenvalue weighted by Crippen LogP contribution is -1.98. The van der Waals surface area contributed by atoms with Crippen molar-refractivity contribution in [3.05, 3.63) is 51.9 Å². The molecule has 0 aliphatic heterocycles. The molecule has 19 heavy (non-hydrogen) atoms. The summed E-state index contributed by atoms with van der Waals surface area (Å²) in [5.74, 6) is 1.46. The summed E-state index contributed by atoms with van der Waals surface area (Å²) in [5.41, 5.74) is 2.19. The molecule has 0 saturated carbocycles. The zero-order chi connectivity index (χ0) is 13.6. The van der Waals surface area contributed by atoms with Crippen LogP contribution in [0.5, 0.6) is 0 Å². The van der Waals surface area contributed by atoms with E-state index in [9.17, 15) is 4.39 Å². The fourth-order valence-corrected chi connectivity index (χ4v) is 2.44. The third-order valence-electron chi connectivity index (χ3n) is 3.16. The zero-order valence-electron chi connectivity index (χ0n) is 10.7. The molecule has 0 bridgehead atoms. The van der Waals surface area contributed by atoms with Gasteiger partial charge in [0.25, 0.3) is 0 Å². The molecule has 3 nitrogen and oxygen atoms in total. The average Bonchev–Trinajstić information content (AvgIpc) is 2.87. The number of fused-ring (bicyclic) bond motifs is 1. The number of furan rings is 1. The number of halogens is 1. The highest BCUT2D eigenvalue weighted by atomic mass is 32.1. The van der Waals surface area contributed by atoms with E-state index in [4.69, 9.17) is 16.6 Å². The van der Waals surface area contributed by atoms with Crippen molar-refractivity contribution in [2.75, 3.05) is 0 Å².